The first-order valence-electron chi connectivity index (χ1n) is 12.6. The van der Waals surface area contributed by atoms with Gasteiger partial charge >= 0.3 is 6.01 Å². The average Bonchev–Trinajstić information content (AvgIpc) is 3.43. The number of amides is 1. The van der Waals surface area contributed by atoms with Crippen molar-refractivity contribution in [3.63, 3.8) is 0 Å². The molecular weight excluding hydrogens is 462 g/mol. The van der Waals surface area contributed by atoms with Crippen molar-refractivity contribution in [1.82, 2.24) is 20.3 Å². The Hall–Kier alpha value is -3.31. The molecule has 0 aromatic carbocycles. The number of carbonyl (C=O) groups is 1. The number of aliphatic hydroxyl groups is 1. The normalized spacial score (nSPS) is 24.2. The van der Waals surface area contributed by atoms with E-state index in [2.05, 4.69) is 25.2 Å². The Kier molecular flexibility index (Phi) is 7.28. The summed E-state index contributed by atoms with van der Waals surface area (Å²) in [5.41, 5.74) is 7.37. The molecule has 1 saturated carbocycles. The number of anilines is 2. The van der Waals surface area contributed by atoms with Crippen LogP contribution in [0, 0.1) is 11.3 Å². The van der Waals surface area contributed by atoms with Crippen LogP contribution in [0.5, 0.6) is 6.01 Å². The molecule has 1 aliphatic carbocycles. The van der Waals surface area contributed by atoms with Gasteiger partial charge in [-0.1, -0.05) is 0 Å². The van der Waals surface area contributed by atoms with Crippen LogP contribution in [-0.4, -0.2) is 76.2 Å². The number of aliphatic hydroxyl groups excluding tert-OH is 1. The number of nitrogen functional groups attached to an aromatic ring is 1. The van der Waals surface area contributed by atoms with Crippen molar-refractivity contribution in [1.29, 1.82) is 5.41 Å². The molecule has 192 valence electrons. The molecule has 2 aromatic rings. The number of aromatic nitrogens is 3. The van der Waals surface area contributed by atoms with E-state index in [-0.39, 0.29) is 35.7 Å². The zero-order chi connectivity index (χ0) is 25.1. The van der Waals surface area contributed by atoms with E-state index in [1.165, 1.54) is 0 Å². The lowest BCUT2D eigenvalue weighted by Crippen LogP contribution is -2.50. The molecule has 11 nitrogen and oxygen atoms in total. The average molecular weight is 496 g/mol. The molecule has 0 radical (unpaired) electrons. The molecule has 3 unspecified atom stereocenters. The van der Waals surface area contributed by atoms with Gasteiger partial charge in [-0.2, -0.15) is 9.97 Å². The van der Waals surface area contributed by atoms with Gasteiger partial charge in [0.05, 0.1) is 18.2 Å². The van der Waals surface area contributed by atoms with Gasteiger partial charge in [0.15, 0.2) is 0 Å². The molecule has 3 atom stereocenters. The van der Waals surface area contributed by atoms with E-state index in [1.54, 1.807) is 18.3 Å². The Balaban J connectivity index is 1.29. The van der Waals surface area contributed by atoms with Gasteiger partial charge in [0.2, 0.25) is 0 Å². The highest BCUT2D eigenvalue weighted by Crippen LogP contribution is 2.28. The number of hydrogen-bond acceptors (Lipinski definition) is 10. The first-order valence-corrected chi connectivity index (χ1v) is 12.6. The summed E-state index contributed by atoms with van der Waals surface area (Å²) in [4.78, 5) is 28.1. The van der Waals surface area contributed by atoms with Crippen LogP contribution in [-0.2, 0) is 4.74 Å². The minimum absolute atomic E-state index is 0.00123. The van der Waals surface area contributed by atoms with Crippen LogP contribution in [0.15, 0.2) is 24.4 Å². The SMILES string of the molecule is N=C(c1cccnc1N)C1CCN(c2cc(C(=O)NC3CCC3O)nc(OCC3CCCO3)n2)CC1. The molecule has 2 aromatic heterocycles. The lowest BCUT2D eigenvalue weighted by Gasteiger charge is -2.34. The van der Waals surface area contributed by atoms with Crippen LogP contribution >= 0.6 is 0 Å². The summed E-state index contributed by atoms with van der Waals surface area (Å²) in [6, 6.07) is 5.19. The topological polar surface area (TPSA) is 160 Å². The predicted octanol–water partition coefficient (Wildman–Crippen LogP) is 1.55. The Morgan fingerprint density at radius 3 is 2.75 bits per heavy atom. The number of pyridine rings is 1. The van der Waals surface area contributed by atoms with Gasteiger partial charge in [-0.15, -0.1) is 0 Å². The highest BCUT2D eigenvalue weighted by molar-refractivity contribution is 6.03. The second-order valence-electron chi connectivity index (χ2n) is 9.68. The standard InChI is InChI=1S/C25H33N7O4/c26-22(17-4-1-9-28-23(17)27)15-7-10-32(11-8-15)21-13-19(24(34)29-18-5-6-20(18)33)30-25(31-21)36-14-16-3-2-12-35-16/h1,4,9,13,15-16,18,20,26,33H,2-3,5-8,10-12,14H2,(H2,27,28)(H,29,34). The summed E-state index contributed by atoms with van der Waals surface area (Å²) >= 11 is 0. The zero-order valence-electron chi connectivity index (χ0n) is 20.2. The second kappa shape index (κ2) is 10.8. The molecule has 3 fully saturated rings. The number of hydrogen-bond donors (Lipinski definition) is 4. The monoisotopic (exact) mass is 495 g/mol. The van der Waals surface area contributed by atoms with Crippen LogP contribution in [0.4, 0.5) is 11.6 Å². The van der Waals surface area contributed by atoms with Gasteiger partial charge in [0, 0.05) is 49.2 Å². The fourth-order valence-electron chi connectivity index (χ4n) is 4.85. The van der Waals surface area contributed by atoms with Gasteiger partial charge in [0.1, 0.15) is 23.9 Å². The Morgan fingerprint density at radius 2 is 2.08 bits per heavy atom. The third kappa shape index (κ3) is 5.41. The molecule has 0 spiro atoms. The van der Waals surface area contributed by atoms with Crippen LogP contribution in [0.1, 0.15) is 54.6 Å². The molecule has 0 bridgehead atoms. The van der Waals surface area contributed by atoms with E-state index < -0.39 is 6.10 Å². The van der Waals surface area contributed by atoms with Crippen molar-refractivity contribution >= 4 is 23.3 Å². The van der Waals surface area contributed by atoms with Crippen LogP contribution in [0.3, 0.4) is 0 Å². The Labute approximate surface area is 209 Å². The minimum Gasteiger partial charge on any atom is -0.461 e. The number of rotatable bonds is 8. The Bertz CT molecular complexity index is 1100. The third-order valence-electron chi connectivity index (χ3n) is 7.26. The van der Waals surface area contributed by atoms with E-state index in [4.69, 9.17) is 20.6 Å². The fourth-order valence-corrected chi connectivity index (χ4v) is 4.85. The maximum Gasteiger partial charge on any atom is 0.319 e. The molecule has 2 aliphatic heterocycles. The molecule has 5 N–H and O–H groups in total. The highest BCUT2D eigenvalue weighted by Gasteiger charge is 2.32. The number of nitrogens with zero attached hydrogens (tertiary/aromatic N) is 4. The predicted molar refractivity (Wildman–Crippen MR) is 133 cm³/mol. The minimum atomic E-state index is -0.520. The number of piperidine rings is 1. The van der Waals surface area contributed by atoms with E-state index in [0.29, 0.717) is 49.0 Å². The van der Waals surface area contributed by atoms with Crippen molar-refractivity contribution < 1.29 is 19.4 Å². The van der Waals surface area contributed by atoms with Crippen molar-refractivity contribution in [2.75, 3.05) is 36.9 Å². The number of nitrogens with one attached hydrogen (secondary N) is 2. The zero-order valence-corrected chi connectivity index (χ0v) is 20.2. The summed E-state index contributed by atoms with van der Waals surface area (Å²) in [6.45, 7) is 2.38. The molecular formula is C25H33N7O4. The molecule has 2 saturated heterocycles. The van der Waals surface area contributed by atoms with E-state index >= 15 is 0 Å². The third-order valence-corrected chi connectivity index (χ3v) is 7.26. The summed E-state index contributed by atoms with van der Waals surface area (Å²) in [7, 11) is 0. The molecule has 4 heterocycles. The maximum atomic E-state index is 12.9. The summed E-state index contributed by atoms with van der Waals surface area (Å²) in [5.74, 6) is 0.694. The van der Waals surface area contributed by atoms with Crippen molar-refractivity contribution in [2.24, 2.45) is 5.92 Å². The van der Waals surface area contributed by atoms with Crippen LogP contribution in [0.2, 0.25) is 0 Å². The van der Waals surface area contributed by atoms with Crippen molar-refractivity contribution in [3.05, 3.63) is 35.7 Å². The van der Waals surface area contributed by atoms with Gasteiger partial charge < -0.3 is 35.9 Å². The van der Waals surface area contributed by atoms with E-state index in [9.17, 15) is 9.90 Å². The van der Waals surface area contributed by atoms with E-state index in [0.717, 1.165) is 38.7 Å². The van der Waals surface area contributed by atoms with Crippen LogP contribution < -0.4 is 20.7 Å². The van der Waals surface area contributed by atoms with Gasteiger partial charge in [-0.3, -0.25) is 4.79 Å². The lowest BCUT2D eigenvalue weighted by molar-refractivity contribution is 0.0444. The Morgan fingerprint density at radius 1 is 1.25 bits per heavy atom. The fraction of sp³-hybridized carbons (Fsp3) is 0.560. The molecule has 5 rings (SSSR count). The van der Waals surface area contributed by atoms with Crippen molar-refractivity contribution in [3.8, 4) is 6.01 Å². The lowest BCUT2D eigenvalue weighted by atomic mass is 9.88. The second-order valence-corrected chi connectivity index (χ2v) is 9.68. The first kappa shape index (κ1) is 24.4. The van der Waals surface area contributed by atoms with Gasteiger partial charge in [0.25, 0.3) is 5.91 Å². The number of nitrogens with two attached hydrogens (primary N) is 1. The molecule has 1 amide bonds. The quantitative estimate of drug-likeness (QED) is 0.398. The molecule has 36 heavy (non-hydrogen) atoms. The largest absolute Gasteiger partial charge is 0.461 e. The van der Waals surface area contributed by atoms with Crippen LogP contribution in [0.25, 0.3) is 0 Å². The van der Waals surface area contributed by atoms with Gasteiger partial charge in [-0.25, -0.2) is 4.98 Å². The molecule has 11 heteroatoms. The number of carbonyl (C=O) groups excluding carboxylic acids is 1. The summed E-state index contributed by atoms with van der Waals surface area (Å²) in [5, 5.41) is 21.4. The van der Waals surface area contributed by atoms with Crippen molar-refractivity contribution in [2.45, 2.75) is 56.8 Å². The highest BCUT2D eigenvalue weighted by atomic mass is 16.5. The van der Waals surface area contributed by atoms with E-state index in [1.807, 2.05) is 6.07 Å². The smallest absolute Gasteiger partial charge is 0.319 e. The maximum absolute atomic E-state index is 12.9. The van der Waals surface area contributed by atoms with Gasteiger partial charge in [-0.05, 0) is 50.7 Å². The summed E-state index contributed by atoms with van der Waals surface area (Å²) in [6.07, 6.45) is 5.96. The summed E-state index contributed by atoms with van der Waals surface area (Å²) < 4.78 is 11.5. The number of ether oxygens (including phenoxy) is 2. The molecule has 3 aliphatic rings. The first-order chi connectivity index (χ1) is 17.5.